The molecule has 1 aromatic carbocycles. The molecule has 1 amide bonds. The van der Waals surface area contributed by atoms with E-state index in [1.54, 1.807) is 0 Å². The average molecular weight is 357 g/mol. The first-order valence-corrected chi connectivity index (χ1v) is 10.1. The smallest absolute Gasteiger partial charge is 0.250 e. The Kier molecular flexibility index (Phi) is 4.60. The van der Waals surface area contributed by atoms with Crippen LogP contribution < -0.4 is 5.32 Å². The van der Waals surface area contributed by atoms with Crippen LogP contribution in [0.1, 0.15) is 45.6 Å². The van der Waals surface area contributed by atoms with Crippen molar-refractivity contribution in [3.05, 3.63) is 35.9 Å². The fourth-order valence-corrected chi connectivity index (χ4v) is 5.53. The van der Waals surface area contributed by atoms with Crippen LogP contribution in [0.25, 0.3) is 0 Å². The molecule has 1 saturated heterocycles. The topological polar surface area (TPSA) is 41.6 Å². The lowest BCUT2D eigenvalue weighted by Gasteiger charge is -2.40. The summed E-state index contributed by atoms with van der Waals surface area (Å²) in [5.74, 6) is 0.817. The summed E-state index contributed by atoms with van der Waals surface area (Å²) in [5.41, 5.74) is 1.82. The predicted molar refractivity (Wildman–Crippen MR) is 103 cm³/mol. The molecule has 2 unspecified atom stereocenters. The molecule has 0 aromatic heterocycles. The van der Waals surface area contributed by atoms with Crippen molar-refractivity contribution in [2.24, 2.45) is 16.7 Å². The molecule has 1 heterocycles. The zero-order valence-electron chi connectivity index (χ0n) is 16.3. The summed E-state index contributed by atoms with van der Waals surface area (Å²) in [6.45, 7) is 10.2. The van der Waals surface area contributed by atoms with Crippen LogP contribution in [0.15, 0.2) is 30.3 Å². The Morgan fingerprint density at radius 3 is 2.69 bits per heavy atom. The highest BCUT2D eigenvalue weighted by Crippen LogP contribution is 2.65. The summed E-state index contributed by atoms with van der Waals surface area (Å²) in [5, 5.41) is 3.37. The molecule has 0 radical (unpaired) electrons. The largest absolute Gasteiger partial charge is 0.366 e. The lowest BCUT2D eigenvalue weighted by Crippen LogP contribution is -2.54. The van der Waals surface area contributed by atoms with Crippen molar-refractivity contribution >= 4 is 5.91 Å². The molecule has 3 aliphatic rings. The van der Waals surface area contributed by atoms with Crippen molar-refractivity contribution in [2.45, 2.75) is 58.7 Å². The van der Waals surface area contributed by atoms with Gasteiger partial charge in [0.1, 0.15) is 6.10 Å². The van der Waals surface area contributed by atoms with Crippen molar-refractivity contribution in [3.8, 4) is 0 Å². The van der Waals surface area contributed by atoms with Crippen molar-refractivity contribution in [3.63, 3.8) is 0 Å². The molecule has 1 N–H and O–H groups in total. The second kappa shape index (κ2) is 6.65. The zero-order valence-corrected chi connectivity index (χ0v) is 16.3. The highest BCUT2D eigenvalue weighted by molar-refractivity contribution is 5.81. The Labute approximate surface area is 157 Å². The van der Waals surface area contributed by atoms with Crippen LogP contribution in [-0.2, 0) is 16.1 Å². The molecule has 2 aliphatic carbocycles. The first-order chi connectivity index (χ1) is 12.4. The van der Waals surface area contributed by atoms with E-state index in [9.17, 15) is 4.79 Å². The van der Waals surface area contributed by atoms with Crippen molar-refractivity contribution in [1.29, 1.82) is 0 Å². The Morgan fingerprint density at radius 2 is 2.04 bits per heavy atom. The van der Waals surface area contributed by atoms with Crippen LogP contribution in [0.5, 0.6) is 0 Å². The van der Waals surface area contributed by atoms with Gasteiger partial charge in [0.15, 0.2) is 0 Å². The fourth-order valence-electron chi connectivity index (χ4n) is 5.53. The van der Waals surface area contributed by atoms with E-state index in [0.717, 1.165) is 25.4 Å². The number of benzene rings is 1. The maximum absolute atomic E-state index is 12.9. The van der Waals surface area contributed by atoms with Gasteiger partial charge in [-0.3, -0.25) is 9.69 Å². The zero-order chi connectivity index (χ0) is 18.4. The van der Waals surface area contributed by atoms with E-state index in [2.05, 4.69) is 55.3 Å². The van der Waals surface area contributed by atoms with Gasteiger partial charge < -0.3 is 10.1 Å². The first-order valence-electron chi connectivity index (χ1n) is 10.1. The minimum atomic E-state index is -0.349. The monoisotopic (exact) mass is 356 g/mol. The van der Waals surface area contributed by atoms with Crippen LogP contribution in [0.3, 0.4) is 0 Å². The normalized spacial score (nSPS) is 36.2. The third-order valence-electron chi connectivity index (χ3n) is 7.80. The van der Waals surface area contributed by atoms with Crippen molar-refractivity contribution < 1.29 is 9.53 Å². The number of ether oxygens (including phenoxy) is 1. The summed E-state index contributed by atoms with van der Waals surface area (Å²) in [6.07, 6.45) is 3.30. The van der Waals surface area contributed by atoms with E-state index >= 15 is 0 Å². The van der Waals surface area contributed by atoms with Crippen LogP contribution in [0, 0.1) is 16.7 Å². The number of fused-ring (bicyclic) bond motifs is 2. The van der Waals surface area contributed by atoms with Crippen LogP contribution in [0.4, 0.5) is 0 Å². The molecule has 4 heteroatoms. The number of hydrogen-bond donors (Lipinski definition) is 1. The van der Waals surface area contributed by atoms with Gasteiger partial charge in [-0.15, -0.1) is 0 Å². The Morgan fingerprint density at radius 1 is 1.27 bits per heavy atom. The summed E-state index contributed by atoms with van der Waals surface area (Å²) in [4.78, 5) is 15.2. The third kappa shape index (κ3) is 2.97. The van der Waals surface area contributed by atoms with Gasteiger partial charge in [-0.25, -0.2) is 0 Å². The minimum absolute atomic E-state index is 0.0809. The SMILES string of the molecule is CC1(C)[C@H]2CCC1(C)[C@@H](NC(=O)C1CN(Cc3ccccc3)CCO1)C2. The summed E-state index contributed by atoms with van der Waals surface area (Å²) in [6, 6.07) is 10.7. The number of carbonyl (C=O) groups is 1. The van der Waals surface area contributed by atoms with Gasteiger partial charge in [-0.05, 0) is 41.6 Å². The quantitative estimate of drug-likeness (QED) is 0.901. The minimum Gasteiger partial charge on any atom is -0.366 e. The molecule has 4 rings (SSSR count). The van der Waals surface area contributed by atoms with E-state index in [1.165, 1.54) is 18.4 Å². The molecule has 1 aliphatic heterocycles. The van der Waals surface area contributed by atoms with E-state index in [1.807, 2.05) is 6.07 Å². The molecule has 26 heavy (non-hydrogen) atoms. The van der Waals surface area contributed by atoms with Gasteiger partial charge in [-0.2, -0.15) is 0 Å². The van der Waals surface area contributed by atoms with Gasteiger partial charge in [0.05, 0.1) is 6.61 Å². The van der Waals surface area contributed by atoms with E-state index in [-0.39, 0.29) is 23.5 Å². The lowest BCUT2D eigenvalue weighted by molar-refractivity contribution is -0.140. The molecule has 0 spiro atoms. The maximum Gasteiger partial charge on any atom is 0.250 e. The molecular weight excluding hydrogens is 324 g/mol. The molecule has 4 atom stereocenters. The van der Waals surface area contributed by atoms with Crippen LogP contribution >= 0.6 is 0 Å². The molecular formula is C22H32N2O2. The second-order valence-corrected chi connectivity index (χ2v) is 9.25. The Balaban J connectivity index is 1.36. The van der Waals surface area contributed by atoms with Crippen molar-refractivity contribution in [1.82, 2.24) is 10.2 Å². The summed E-state index contributed by atoms with van der Waals surface area (Å²) in [7, 11) is 0. The van der Waals surface area contributed by atoms with Gasteiger partial charge in [0, 0.05) is 25.7 Å². The Bertz CT molecular complexity index is 659. The molecule has 3 fully saturated rings. The maximum atomic E-state index is 12.9. The third-order valence-corrected chi connectivity index (χ3v) is 7.80. The number of rotatable bonds is 4. The first kappa shape index (κ1) is 18.0. The summed E-state index contributed by atoms with van der Waals surface area (Å²) < 4.78 is 5.83. The lowest BCUT2D eigenvalue weighted by atomic mass is 9.69. The van der Waals surface area contributed by atoms with Gasteiger partial charge >= 0.3 is 0 Å². The molecule has 142 valence electrons. The van der Waals surface area contributed by atoms with Gasteiger partial charge in [0.2, 0.25) is 0 Å². The average Bonchev–Trinajstić information content (AvgIpc) is 2.96. The predicted octanol–water partition coefficient (Wildman–Crippen LogP) is 3.22. The van der Waals surface area contributed by atoms with Crippen molar-refractivity contribution in [2.75, 3.05) is 19.7 Å². The van der Waals surface area contributed by atoms with Gasteiger partial charge in [0.25, 0.3) is 5.91 Å². The second-order valence-electron chi connectivity index (χ2n) is 9.25. The number of nitrogens with one attached hydrogen (secondary N) is 1. The van der Waals surface area contributed by atoms with Crippen LogP contribution in [-0.4, -0.2) is 42.6 Å². The number of nitrogens with zero attached hydrogens (tertiary/aromatic N) is 1. The highest BCUT2D eigenvalue weighted by atomic mass is 16.5. The van der Waals surface area contributed by atoms with E-state index in [0.29, 0.717) is 18.6 Å². The molecule has 1 aromatic rings. The Hall–Kier alpha value is -1.39. The highest BCUT2D eigenvalue weighted by Gasteiger charge is 2.61. The number of hydrogen-bond acceptors (Lipinski definition) is 3. The molecule has 2 saturated carbocycles. The molecule has 4 nitrogen and oxygen atoms in total. The fraction of sp³-hybridized carbons (Fsp3) is 0.682. The van der Waals surface area contributed by atoms with E-state index in [4.69, 9.17) is 4.74 Å². The summed E-state index contributed by atoms with van der Waals surface area (Å²) >= 11 is 0. The van der Waals surface area contributed by atoms with Gasteiger partial charge in [-0.1, -0.05) is 51.1 Å². The number of carbonyl (C=O) groups excluding carboxylic acids is 1. The standard InChI is InChI=1S/C22H32N2O2/c1-21(2)17-9-10-22(21,3)19(13-17)23-20(25)18-15-24(11-12-26-18)14-16-7-5-4-6-8-16/h4-8,17-19H,9-15H2,1-3H3,(H,23,25)/t17-,18?,19-,22?/m0/s1. The molecule has 2 bridgehead atoms. The van der Waals surface area contributed by atoms with Crippen LogP contribution in [0.2, 0.25) is 0 Å². The number of morpholine rings is 1. The number of amides is 1. The van der Waals surface area contributed by atoms with E-state index < -0.39 is 0 Å².